The number of hydrogen-bond acceptors (Lipinski definition) is 5. The Balaban J connectivity index is 1.97. The van der Waals surface area contributed by atoms with Gasteiger partial charge in [-0.1, -0.05) is 29.8 Å². The molecule has 0 unspecified atom stereocenters. The van der Waals surface area contributed by atoms with Crippen molar-refractivity contribution in [1.82, 2.24) is 9.13 Å². The molecule has 0 saturated heterocycles. The summed E-state index contributed by atoms with van der Waals surface area (Å²) in [5.41, 5.74) is 0.225. The molecular formula is C21H19N3O4S. The Kier molecular flexibility index (Phi) is 5.52. The summed E-state index contributed by atoms with van der Waals surface area (Å²) in [5, 5.41) is 9.13. The van der Waals surface area contributed by atoms with Gasteiger partial charge in [0, 0.05) is 12.7 Å². The molecule has 0 aliphatic carbocycles. The Bertz CT molecular complexity index is 1310. The number of rotatable bonds is 5. The molecule has 0 N–H and O–H groups in total. The molecule has 29 heavy (non-hydrogen) atoms. The van der Waals surface area contributed by atoms with Gasteiger partial charge in [0.15, 0.2) is 0 Å². The van der Waals surface area contributed by atoms with Crippen molar-refractivity contribution in [3.63, 3.8) is 0 Å². The largest absolute Gasteiger partial charge is 0.331 e. The van der Waals surface area contributed by atoms with Gasteiger partial charge in [0.25, 0.3) is 5.56 Å². The first kappa shape index (κ1) is 20.3. The summed E-state index contributed by atoms with van der Waals surface area (Å²) in [6.07, 6.45) is 1.25. The molecule has 0 bridgehead atoms. The quantitative estimate of drug-likeness (QED) is 0.642. The number of hydrogen-bond donors (Lipinski definition) is 0. The van der Waals surface area contributed by atoms with Crippen LogP contribution in [0.25, 0.3) is 0 Å². The van der Waals surface area contributed by atoms with Crippen molar-refractivity contribution in [1.29, 1.82) is 5.26 Å². The van der Waals surface area contributed by atoms with Crippen LogP contribution in [0.5, 0.6) is 0 Å². The molecule has 0 radical (unpaired) electrons. The number of aromatic nitrogens is 2. The van der Waals surface area contributed by atoms with E-state index in [9.17, 15) is 18.0 Å². The van der Waals surface area contributed by atoms with Gasteiger partial charge < -0.3 is 0 Å². The zero-order valence-electron chi connectivity index (χ0n) is 16.0. The van der Waals surface area contributed by atoms with Gasteiger partial charge in [0.1, 0.15) is 11.6 Å². The van der Waals surface area contributed by atoms with Gasteiger partial charge in [-0.3, -0.25) is 13.9 Å². The van der Waals surface area contributed by atoms with Crippen molar-refractivity contribution < 1.29 is 8.42 Å². The first-order chi connectivity index (χ1) is 13.8. The lowest BCUT2D eigenvalue weighted by Gasteiger charge is -2.10. The van der Waals surface area contributed by atoms with Gasteiger partial charge in [0.2, 0.25) is 9.84 Å². The van der Waals surface area contributed by atoms with E-state index in [0.717, 1.165) is 10.1 Å². The number of benzene rings is 2. The smallest absolute Gasteiger partial charge is 0.299 e. The highest BCUT2D eigenvalue weighted by Crippen LogP contribution is 2.21. The summed E-state index contributed by atoms with van der Waals surface area (Å²) >= 11 is 0. The van der Waals surface area contributed by atoms with Crippen LogP contribution in [-0.2, 0) is 22.9 Å². The summed E-state index contributed by atoms with van der Waals surface area (Å²) in [5.74, 6) is 0. The Hall–Kier alpha value is -3.44. The summed E-state index contributed by atoms with van der Waals surface area (Å²) in [4.78, 5) is 25.1. The fraction of sp³-hybridized carbons (Fsp3) is 0.190. The Morgan fingerprint density at radius 3 is 2.03 bits per heavy atom. The first-order valence-corrected chi connectivity index (χ1v) is 10.4. The average Bonchev–Trinajstić information content (AvgIpc) is 2.72. The topological polar surface area (TPSA) is 102 Å². The maximum Gasteiger partial charge on any atom is 0.331 e. The Morgan fingerprint density at radius 1 is 0.966 bits per heavy atom. The van der Waals surface area contributed by atoms with E-state index in [2.05, 4.69) is 0 Å². The fourth-order valence-corrected chi connectivity index (χ4v) is 4.17. The summed E-state index contributed by atoms with van der Waals surface area (Å²) in [6, 6.07) is 14.4. The van der Waals surface area contributed by atoms with E-state index in [-0.39, 0.29) is 21.9 Å². The van der Waals surface area contributed by atoms with Gasteiger partial charge in [-0.2, -0.15) is 5.26 Å². The van der Waals surface area contributed by atoms with E-state index in [0.29, 0.717) is 12.1 Å². The van der Waals surface area contributed by atoms with Crippen molar-refractivity contribution in [3.8, 4) is 6.07 Å². The molecule has 0 aliphatic heterocycles. The molecule has 148 valence electrons. The molecule has 0 aliphatic rings. The van der Waals surface area contributed by atoms with Crippen molar-refractivity contribution in [2.45, 2.75) is 36.7 Å². The van der Waals surface area contributed by atoms with E-state index in [4.69, 9.17) is 5.26 Å². The van der Waals surface area contributed by atoms with Crippen LogP contribution in [0.2, 0.25) is 0 Å². The molecule has 0 amide bonds. The molecule has 2 aromatic carbocycles. The molecule has 0 spiro atoms. The summed E-state index contributed by atoms with van der Waals surface area (Å²) in [6.45, 7) is 3.88. The van der Waals surface area contributed by atoms with E-state index < -0.39 is 21.1 Å². The highest BCUT2D eigenvalue weighted by molar-refractivity contribution is 7.91. The second kappa shape index (κ2) is 7.89. The number of aryl methyl sites for hydroxylation is 2. The highest BCUT2D eigenvalue weighted by atomic mass is 32.2. The minimum absolute atomic E-state index is 0.0575. The lowest BCUT2D eigenvalue weighted by molar-refractivity contribution is 0.594. The lowest BCUT2D eigenvalue weighted by atomic mass is 10.2. The standard InChI is InChI=1S/C21H19N3O4S/c1-3-23-14-17(12-22)20(25)24(21(23)26)13-16-6-10-19(11-7-16)29(27,28)18-8-4-15(2)5-9-18/h4-11,14H,3,13H2,1-2H3. The van der Waals surface area contributed by atoms with Gasteiger partial charge in [-0.15, -0.1) is 0 Å². The van der Waals surface area contributed by atoms with Gasteiger partial charge in [-0.05, 0) is 43.7 Å². The predicted molar refractivity (Wildman–Crippen MR) is 108 cm³/mol. The summed E-state index contributed by atoms with van der Waals surface area (Å²) < 4.78 is 27.8. The third-order valence-corrected chi connectivity index (χ3v) is 6.39. The molecule has 0 atom stereocenters. The molecule has 7 nitrogen and oxygen atoms in total. The third-order valence-electron chi connectivity index (χ3n) is 4.60. The average molecular weight is 409 g/mol. The predicted octanol–water partition coefficient (Wildman–Crippen LogP) is 2.09. The number of nitriles is 1. The van der Waals surface area contributed by atoms with Crippen molar-refractivity contribution in [2.75, 3.05) is 0 Å². The van der Waals surface area contributed by atoms with Crippen molar-refractivity contribution >= 4 is 9.84 Å². The molecule has 1 heterocycles. The second-order valence-electron chi connectivity index (χ2n) is 6.57. The maximum atomic E-state index is 12.7. The first-order valence-electron chi connectivity index (χ1n) is 8.93. The van der Waals surface area contributed by atoms with Crippen LogP contribution in [0.3, 0.4) is 0 Å². The monoisotopic (exact) mass is 409 g/mol. The van der Waals surface area contributed by atoms with E-state index in [1.165, 1.54) is 22.9 Å². The van der Waals surface area contributed by atoms with Crippen LogP contribution < -0.4 is 11.2 Å². The van der Waals surface area contributed by atoms with Crippen LogP contribution in [-0.4, -0.2) is 17.6 Å². The normalized spacial score (nSPS) is 11.2. The SMILES string of the molecule is CCn1cc(C#N)c(=O)n(Cc2ccc(S(=O)(=O)c3ccc(C)cc3)cc2)c1=O. The van der Waals surface area contributed by atoms with Crippen LogP contribution in [0.1, 0.15) is 23.6 Å². The van der Waals surface area contributed by atoms with Gasteiger partial charge in [0.05, 0.1) is 16.3 Å². The van der Waals surface area contributed by atoms with E-state index in [1.807, 2.05) is 6.92 Å². The van der Waals surface area contributed by atoms with Crippen LogP contribution in [0, 0.1) is 18.3 Å². The Morgan fingerprint density at radius 2 is 1.52 bits per heavy atom. The molecule has 0 saturated carbocycles. The summed E-state index contributed by atoms with van der Waals surface area (Å²) in [7, 11) is -3.66. The second-order valence-corrected chi connectivity index (χ2v) is 8.52. The van der Waals surface area contributed by atoms with Gasteiger partial charge in [-0.25, -0.2) is 13.2 Å². The molecule has 8 heteroatoms. The molecule has 1 aromatic heterocycles. The van der Waals surface area contributed by atoms with Crippen LogP contribution >= 0.6 is 0 Å². The fourth-order valence-electron chi connectivity index (χ4n) is 2.91. The minimum Gasteiger partial charge on any atom is -0.299 e. The van der Waals surface area contributed by atoms with Gasteiger partial charge >= 0.3 is 5.69 Å². The van der Waals surface area contributed by atoms with Crippen LogP contribution in [0.15, 0.2) is 74.1 Å². The zero-order chi connectivity index (χ0) is 21.2. The molecular weight excluding hydrogens is 390 g/mol. The van der Waals surface area contributed by atoms with Crippen molar-refractivity contribution in [3.05, 3.63) is 92.3 Å². The maximum absolute atomic E-state index is 12.7. The number of sulfone groups is 1. The van der Waals surface area contributed by atoms with Crippen LogP contribution in [0.4, 0.5) is 0 Å². The molecule has 3 aromatic rings. The number of nitrogens with zero attached hydrogens (tertiary/aromatic N) is 3. The molecule has 3 rings (SSSR count). The van der Waals surface area contributed by atoms with E-state index in [1.54, 1.807) is 49.4 Å². The third kappa shape index (κ3) is 3.91. The Labute approximate surface area is 168 Å². The van der Waals surface area contributed by atoms with E-state index >= 15 is 0 Å². The minimum atomic E-state index is -3.66. The zero-order valence-corrected chi connectivity index (χ0v) is 16.8. The lowest BCUT2D eigenvalue weighted by Crippen LogP contribution is -2.40. The molecule has 0 fully saturated rings. The highest BCUT2D eigenvalue weighted by Gasteiger charge is 2.17. The van der Waals surface area contributed by atoms with Crippen molar-refractivity contribution in [2.24, 2.45) is 0 Å².